The van der Waals surface area contributed by atoms with Crippen LogP contribution in [0.1, 0.15) is 119 Å². The van der Waals surface area contributed by atoms with Crippen LogP contribution in [0.5, 0.6) is 0 Å². The van der Waals surface area contributed by atoms with Gasteiger partial charge in [-0.3, -0.25) is 0 Å². The lowest BCUT2D eigenvalue weighted by atomic mass is 9.42. The third-order valence-electron chi connectivity index (χ3n) is 11.7. The Morgan fingerprint density at radius 2 is 1.67 bits per heavy atom. The molecule has 0 aromatic heterocycles. The van der Waals surface area contributed by atoms with Crippen LogP contribution in [0.4, 0.5) is 0 Å². The molecular formula is C29H52O. The normalized spacial score (nSPS) is 49.4. The second-order valence-electron chi connectivity index (χ2n) is 13.3. The summed E-state index contributed by atoms with van der Waals surface area (Å²) in [4.78, 5) is 0. The smallest absolute Gasteiger partial charge is 0.0546 e. The molecular weight excluding hydrogens is 364 g/mol. The highest BCUT2D eigenvalue weighted by Crippen LogP contribution is 2.69. The molecule has 0 aromatic rings. The molecule has 1 heteroatoms. The van der Waals surface area contributed by atoms with Crippen LogP contribution in [0.15, 0.2) is 0 Å². The average molecular weight is 417 g/mol. The molecule has 30 heavy (non-hydrogen) atoms. The van der Waals surface area contributed by atoms with Gasteiger partial charge in [0, 0.05) is 0 Å². The first-order chi connectivity index (χ1) is 14.2. The van der Waals surface area contributed by atoms with E-state index >= 15 is 0 Å². The summed E-state index contributed by atoms with van der Waals surface area (Å²) in [6.45, 7) is 15.1. The van der Waals surface area contributed by atoms with E-state index in [1.165, 1.54) is 64.2 Å². The van der Waals surface area contributed by atoms with Gasteiger partial charge >= 0.3 is 0 Å². The molecule has 0 spiro atoms. The van der Waals surface area contributed by atoms with Crippen LogP contribution in [0.3, 0.4) is 0 Å². The van der Waals surface area contributed by atoms with Gasteiger partial charge in [0.15, 0.2) is 0 Å². The number of aliphatic hydroxyl groups is 1. The predicted molar refractivity (Wildman–Crippen MR) is 128 cm³/mol. The van der Waals surface area contributed by atoms with Crippen molar-refractivity contribution in [3.05, 3.63) is 0 Å². The molecule has 0 aromatic carbocycles. The number of hydrogen-bond donors (Lipinski definition) is 1. The fraction of sp³-hybridized carbons (Fsp3) is 1.00. The van der Waals surface area contributed by atoms with E-state index in [0.717, 1.165) is 60.2 Å². The molecule has 10 atom stereocenters. The van der Waals surface area contributed by atoms with E-state index in [1.54, 1.807) is 0 Å². The average Bonchev–Trinajstić information content (AvgIpc) is 3.05. The molecule has 0 bridgehead atoms. The first-order valence-corrected chi connectivity index (χ1v) is 13.9. The number of fused-ring (bicyclic) bond motifs is 5. The quantitative estimate of drug-likeness (QED) is 0.463. The van der Waals surface area contributed by atoms with Gasteiger partial charge in [-0.2, -0.15) is 0 Å². The van der Waals surface area contributed by atoms with Crippen molar-refractivity contribution in [1.29, 1.82) is 0 Å². The summed E-state index contributed by atoms with van der Waals surface area (Å²) in [6.07, 6.45) is 16.5. The first kappa shape index (κ1) is 23.1. The van der Waals surface area contributed by atoms with E-state index in [2.05, 4.69) is 41.5 Å². The van der Waals surface area contributed by atoms with Crippen LogP contribution in [0.25, 0.3) is 0 Å². The number of aliphatic hydroxyl groups excluding tert-OH is 1. The Labute approximate surface area is 188 Å². The molecule has 4 saturated carbocycles. The monoisotopic (exact) mass is 416 g/mol. The van der Waals surface area contributed by atoms with E-state index < -0.39 is 0 Å². The predicted octanol–water partition coefficient (Wildman–Crippen LogP) is 8.10. The van der Waals surface area contributed by atoms with Gasteiger partial charge in [-0.15, -0.1) is 0 Å². The van der Waals surface area contributed by atoms with Crippen molar-refractivity contribution in [3.63, 3.8) is 0 Å². The molecule has 0 unspecified atom stereocenters. The number of hydrogen-bond acceptors (Lipinski definition) is 1. The Kier molecular flexibility index (Phi) is 6.72. The highest BCUT2D eigenvalue weighted by Gasteiger charge is 2.62. The summed E-state index contributed by atoms with van der Waals surface area (Å²) in [5.74, 6) is 7.15. The van der Waals surface area contributed by atoms with Gasteiger partial charge in [-0.25, -0.2) is 0 Å². The maximum atomic E-state index is 10.6. The highest BCUT2D eigenvalue weighted by atomic mass is 16.3. The summed E-state index contributed by atoms with van der Waals surface area (Å²) in [5.41, 5.74) is 1.11. The lowest BCUT2D eigenvalue weighted by molar-refractivity contribution is -0.158. The van der Waals surface area contributed by atoms with E-state index in [9.17, 15) is 5.11 Å². The zero-order chi connectivity index (χ0) is 21.7. The summed E-state index contributed by atoms with van der Waals surface area (Å²) in [6, 6.07) is 0. The van der Waals surface area contributed by atoms with Crippen molar-refractivity contribution in [1.82, 2.24) is 0 Å². The van der Waals surface area contributed by atoms with Gasteiger partial charge in [0.25, 0.3) is 0 Å². The Balaban J connectivity index is 1.50. The first-order valence-electron chi connectivity index (χ1n) is 13.9. The summed E-state index contributed by atoms with van der Waals surface area (Å²) in [7, 11) is 0. The van der Waals surface area contributed by atoms with Crippen LogP contribution >= 0.6 is 0 Å². The fourth-order valence-electron chi connectivity index (χ4n) is 10.1. The molecule has 174 valence electrons. The Bertz CT molecular complexity index is 573. The lowest BCUT2D eigenvalue weighted by Crippen LogP contribution is -2.57. The van der Waals surface area contributed by atoms with Crippen LogP contribution in [-0.4, -0.2) is 11.2 Å². The maximum Gasteiger partial charge on any atom is 0.0546 e. The van der Waals surface area contributed by atoms with Gasteiger partial charge < -0.3 is 5.11 Å². The van der Waals surface area contributed by atoms with Crippen LogP contribution < -0.4 is 0 Å². The molecule has 0 radical (unpaired) electrons. The minimum absolute atomic E-state index is 0.0269. The third-order valence-corrected chi connectivity index (χ3v) is 11.7. The highest BCUT2D eigenvalue weighted by molar-refractivity contribution is 5.11. The second kappa shape index (κ2) is 8.72. The van der Waals surface area contributed by atoms with Crippen molar-refractivity contribution in [2.75, 3.05) is 0 Å². The lowest BCUT2D eigenvalue weighted by Gasteiger charge is -2.63. The van der Waals surface area contributed by atoms with Gasteiger partial charge in [0.05, 0.1) is 6.10 Å². The molecule has 1 nitrogen and oxygen atoms in total. The molecule has 4 aliphatic carbocycles. The van der Waals surface area contributed by atoms with Crippen molar-refractivity contribution >= 4 is 0 Å². The molecule has 4 fully saturated rings. The zero-order valence-corrected chi connectivity index (χ0v) is 21.1. The van der Waals surface area contributed by atoms with E-state index in [4.69, 9.17) is 0 Å². The van der Waals surface area contributed by atoms with Crippen molar-refractivity contribution in [3.8, 4) is 0 Å². The number of rotatable bonds is 6. The van der Waals surface area contributed by atoms with Gasteiger partial charge in [-0.1, -0.05) is 67.2 Å². The largest absolute Gasteiger partial charge is 0.393 e. The summed E-state index contributed by atoms with van der Waals surface area (Å²) < 4.78 is 0. The van der Waals surface area contributed by atoms with Gasteiger partial charge in [-0.05, 0) is 110 Å². The van der Waals surface area contributed by atoms with Crippen molar-refractivity contribution in [2.24, 2.45) is 58.2 Å². The van der Waals surface area contributed by atoms with Crippen molar-refractivity contribution < 1.29 is 5.11 Å². The Morgan fingerprint density at radius 3 is 2.37 bits per heavy atom. The van der Waals surface area contributed by atoms with Crippen molar-refractivity contribution in [2.45, 2.75) is 125 Å². The maximum absolute atomic E-state index is 10.6. The molecule has 4 rings (SSSR count). The summed E-state index contributed by atoms with van der Waals surface area (Å²) in [5, 5.41) is 10.6. The third kappa shape index (κ3) is 3.72. The van der Waals surface area contributed by atoms with Crippen LogP contribution in [0.2, 0.25) is 0 Å². The van der Waals surface area contributed by atoms with Crippen LogP contribution in [-0.2, 0) is 0 Å². The fourth-order valence-corrected chi connectivity index (χ4v) is 10.1. The molecule has 0 saturated heterocycles. The summed E-state index contributed by atoms with van der Waals surface area (Å²) >= 11 is 0. The van der Waals surface area contributed by atoms with Gasteiger partial charge in [0.1, 0.15) is 0 Å². The molecule has 4 aliphatic rings. The van der Waals surface area contributed by atoms with Crippen LogP contribution in [0, 0.1) is 58.2 Å². The topological polar surface area (TPSA) is 20.2 Å². The Morgan fingerprint density at radius 1 is 0.900 bits per heavy atom. The van der Waals surface area contributed by atoms with E-state index in [1.807, 2.05) is 0 Å². The SMILES string of the molecule is CC[C@H]1C[C@H](O)C[C@H]2CC[C@@H]3[C@@H]4CC[C@H]([C@H](C)CCCC(C)C)[C@@]4(C)CC[C@@H]3[C@]21C. The molecule has 0 heterocycles. The second-order valence-corrected chi connectivity index (χ2v) is 13.3. The van der Waals surface area contributed by atoms with Gasteiger partial charge in [0.2, 0.25) is 0 Å². The standard InChI is InChI=1S/C29H52O/c1-7-21-17-23(30)18-22-11-12-24-26-14-13-25(20(4)10-8-9-19(2)3)28(26,5)16-15-27(24)29(21,22)6/h19-27,30H,7-18H2,1-6H3/t20-,21+,22-,23+,24-,25-,26+,27+,28-,29+/m1/s1. The van der Waals surface area contributed by atoms with E-state index in [-0.39, 0.29) is 6.10 Å². The molecule has 0 aliphatic heterocycles. The van der Waals surface area contributed by atoms with E-state index in [0.29, 0.717) is 10.8 Å². The Hall–Kier alpha value is -0.0400. The molecule has 1 N–H and O–H groups in total. The zero-order valence-electron chi connectivity index (χ0n) is 21.1. The minimum Gasteiger partial charge on any atom is -0.393 e. The minimum atomic E-state index is -0.0269. The molecule has 0 amide bonds.